The van der Waals surface area contributed by atoms with Crippen LogP contribution in [0.3, 0.4) is 0 Å². The van der Waals surface area contributed by atoms with Gasteiger partial charge in [0.25, 0.3) is 0 Å². The molecule has 1 aromatic carbocycles. The number of nitrogens with one attached hydrogen (secondary N) is 2. The van der Waals surface area contributed by atoms with E-state index in [9.17, 15) is 24.3 Å². The number of carbonyl (C=O) groups is 4. The van der Waals surface area contributed by atoms with Crippen LogP contribution in [0.1, 0.15) is 79.9 Å². The van der Waals surface area contributed by atoms with Crippen molar-refractivity contribution >= 4 is 40.0 Å². The number of aromatic nitrogens is 1. The van der Waals surface area contributed by atoms with E-state index in [-0.39, 0.29) is 67.7 Å². The van der Waals surface area contributed by atoms with Gasteiger partial charge in [-0.25, -0.2) is 14.2 Å². The van der Waals surface area contributed by atoms with Crippen molar-refractivity contribution in [3.63, 3.8) is 0 Å². The molecule has 2 amide bonds. The average molecular weight is 606 g/mol. The second kappa shape index (κ2) is 11.5. The summed E-state index contributed by atoms with van der Waals surface area (Å²) >= 11 is 0. The number of hydrogen-bond acceptors (Lipinski definition) is 8. The van der Waals surface area contributed by atoms with E-state index in [4.69, 9.17) is 14.5 Å². The number of fused-ring (bicyclic) bond motifs is 4. The number of halogens is 1. The molecule has 0 fully saturated rings. The summed E-state index contributed by atoms with van der Waals surface area (Å²) in [5.74, 6) is -1.96. The summed E-state index contributed by atoms with van der Waals surface area (Å²) in [4.78, 5) is 55.4. The number of benzene rings is 1. The minimum Gasteiger partial charge on any atom is -0.458 e. The first-order valence-electron chi connectivity index (χ1n) is 15.2. The number of esters is 1. The second-order valence-corrected chi connectivity index (χ2v) is 12.0. The molecule has 1 aromatic heterocycles. The highest BCUT2D eigenvalue weighted by atomic mass is 19.1. The Labute approximate surface area is 254 Å². The van der Waals surface area contributed by atoms with Crippen LogP contribution in [0.2, 0.25) is 0 Å². The van der Waals surface area contributed by atoms with Crippen LogP contribution in [0, 0.1) is 18.7 Å². The van der Waals surface area contributed by atoms with Gasteiger partial charge >= 0.3 is 5.97 Å². The Morgan fingerprint density at radius 2 is 1.98 bits per heavy atom. The number of Topliss-reactive ketones (excluding diaryl/α,β-unsaturated/α-hetero) is 1. The lowest BCUT2D eigenvalue weighted by molar-refractivity contribution is -0.163. The number of hydrogen-bond donors (Lipinski definition) is 3. The van der Waals surface area contributed by atoms with Crippen LogP contribution in [0.25, 0.3) is 16.5 Å². The fourth-order valence-electron chi connectivity index (χ4n) is 7.07. The maximum Gasteiger partial charge on any atom is 0.343 e. The molecule has 10 nitrogen and oxygen atoms in total. The number of allylic oxidation sites excluding steroid dienone is 1. The second-order valence-electron chi connectivity index (χ2n) is 12.0. The van der Waals surface area contributed by atoms with E-state index in [0.717, 1.165) is 27.6 Å². The van der Waals surface area contributed by atoms with E-state index >= 15 is 4.39 Å². The summed E-state index contributed by atoms with van der Waals surface area (Å²) in [6.07, 6.45) is 4.46. The number of ether oxygens (including phenoxy) is 2. The number of amides is 2. The number of carbonyl (C=O) groups excluding carboxylic acids is 4. The first-order valence-corrected chi connectivity index (χ1v) is 15.2. The van der Waals surface area contributed by atoms with Crippen molar-refractivity contribution in [2.24, 2.45) is 5.92 Å². The van der Waals surface area contributed by atoms with Gasteiger partial charge in [0.1, 0.15) is 25.8 Å². The molecule has 44 heavy (non-hydrogen) atoms. The Hall–Kier alpha value is -3.96. The SMILES string of the molecule is CCC(=O)NCOCC(=O)N[C@H]1CCc2c(C)c(F)cc3nc4c(c1c23)CC1CCC(=O)C2=C(/C=C/41)[C@@](O)(CC)C(=O)OC2. The van der Waals surface area contributed by atoms with Gasteiger partial charge in [-0.05, 0) is 78.8 Å². The number of ketones is 1. The molecule has 0 spiro atoms. The first-order chi connectivity index (χ1) is 21.1. The topological polar surface area (TPSA) is 144 Å². The van der Waals surface area contributed by atoms with Crippen molar-refractivity contribution in [1.29, 1.82) is 0 Å². The molecule has 0 radical (unpaired) electrons. The highest BCUT2D eigenvalue weighted by Gasteiger charge is 2.47. The third kappa shape index (κ3) is 4.92. The Kier molecular flexibility index (Phi) is 7.87. The minimum atomic E-state index is -1.96. The third-order valence-electron chi connectivity index (χ3n) is 9.52. The zero-order valence-electron chi connectivity index (χ0n) is 25.1. The van der Waals surface area contributed by atoms with Crippen molar-refractivity contribution in [1.82, 2.24) is 15.6 Å². The summed E-state index contributed by atoms with van der Waals surface area (Å²) in [5, 5.41) is 17.9. The van der Waals surface area contributed by atoms with Crippen LogP contribution < -0.4 is 10.6 Å². The van der Waals surface area contributed by atoms with E-state index in [1.54, 1.807) is 26.8 Å². The molecule has 1 unspecified atom stereocenters. The maximum absolute atomic E-state index is 15.2. The Bertz CT molecular complexity index is 1680. The molecule has 3 atom stereocenters. The van der Waals surface area contributed by atoms with Crippen molar-refractivity contribution in [2.75, 3.05) is 19.9 Å². The van der Waals surface area contributed by atoms with Crippen LogP contribution >= 0.6 is 0 Å². The Morgan fingerprint density at radius 1 is 1.18 bits per heavy atom. The molecule has 1 aliphatic heterocycles. The van der Waals surface area contributed by atoms with Gasteiger partial charge in [0, 0.05) is 35.4 Å². The van der Waals surface area contributed by atoms with Gasteiger partial charge in [-0.1, -0.05) is 13.8 Å². The van der Waals surface area contributed by atoms with E-state index < -0.39 is 17.6 Å². The number of aliphatic hydroxyl groups is 1. The van der Waals surface area contributed by atoms with Gasteiger partial charge in [-0.15, -0.1) is 0 Å². The number of nitrogens with zero attached hydrogens (tertiary/aromatic N) is 1. The molecule has 0 saturated heterocycles. The minimum absolute atomic E-state index is 0.0296. The number of cyclic esters (lactones) is 1. The van der Waals surface area contributed by atoms with E-state index in [0.29, 0.717) is 54.5 Å². The first kappa shape index (κ1) is 30.1. The molecule has 6 rings (SSSR count). The van der Waals surface area contributed by atoms with E-state index in [1.807, 2.05) is 0 Å². The molecule has 2 heterocycles. The smallest absolute Gasteiger partial charge is 0.343 e. The summed E-state index contributed by atoms with van der Waals surface area (Å²) in [7, 11) is 0. The zero-order chi connectivity index (χ0) is 31.3. The van der Waals surface area contributed by atoms with Gasteiger partial charge in [-0.2, -0.15) is 0 Å². The molecule has 3 N–H and O–H groups in total. The predicted molar refractivity (Wildman–Crippen MR) is 158 cm³/mol. The summed E-state index contributed by atoms with van der Waals surface area (Å²) in [5.41, 5.74) is 3.67. The lowest BCUT2D eigenvalue weighted by Gasteiger charge is -2.34. The van der Waals surface area contributed by atoms with Gasteiger partial charge in [0.15, 0.2) is 11.4 Å². The van der Waals surface area contributed by atoms with Gasteiger partial charge in [0.2, 0.25) is 11.8 Å². The number of pyridine rings is 1. The summed E-state index contributed by atoms with van der Waals surface area (Å²) < 4.78 is 25.8. The molecular formula is C33H36FN3O7. The predicted octanol–water partition coefficient (Wildman–Crippen LogP) is 3.20. The molecule has 232 valence electrons. The molecule has 0 bridgehead atoms. The van der Waals surface area contributed by atoms with Crippen LogP contribution in [0.15, 0.2) is 23.3 Å². The maximum atomic E-state index is 15.2. The van der Waals surface area contributed by atoms with Crippen molar-refractivity contribution in [2.45, 2.75) is 77.4 Å². The number of rotatable bonds is 7. The fraction of sp³-hybridized carbons (Fsp3) is 0.485. The number of aryl methyl sites for hydroxylation is 1. The van der Waals surface area contributed by atoms with Crippen LogP contribution in [0.5, 0.6) is 0 Å². The van der Waals surface area contributed by atoms with Gasteiger partial charge in [-0.3, -0.25) is 14.4 Å². The Balaban J connectivity index is 1.45. The molecule has 3 aliphatic carbocycles. The highest BCUT2D eigenvalue weighted by molar-refractivity contribution is 6.03. The largest absolute Gasteiger partial charge is 0.458 e. The molecule has 4 aliphatic rings. The van der Waals surface area contributed by atoms with Crippen molar-refractivity contribution in [3.8, 4) is 0 Å². The Morgan fingerprint density at radius 3 is 2.73 bits per heavy atom. The molecular weight excluding hydrogens is 569 g/mol. The average Bonchev–Trinajstić information content (AvgIpc) is 3.34. The van der Waals surface area contributed by atoms with E-state index in [2.05, 4.69) is 10.6 Å². The monoisotopic (exact) mass is 605 g/mol. The molecule has 2 aromatic rings. The highest BCUT2D eigenvalue weighted by Crippen LogP contribution is 2.49. The summed E-state index contributed by atoms with van der Waals surface area (Å²) in [6.45, 7) is 4.62. The standard InChI is InChI=1S/C33H36FN3O7/c1-4-27(39)35-15-43-14-28(40)36-24-8-7-18-16(3)23(34)12-25-29(18)30(24)20-10-17-6-9-26(38)21-13-44-32(41)33(42,5-2)22(21)11-19(17)31(20)37-25/h11-12,17,24,42H,4-10,13-15H2,1-3H3,(H,35,39)(H,36,40)/b19-11+/t17?,24-,33-/m0/s1. The van der Waals surface area contributed by atoms with Crippen LogP contribution in [0.4, 0.5) is 4.39 Å². The molecule has 0 saturated carbocycles. The van der Waals surface area contributed by atoms with Crippen LogP contribution in [-0.2, 0) is 41.5 Å². The van der Waals surface area contributed by atoms with Crippen molar-refractivity contribution < 1.29 is 38.1 Å². The van der Waals surface area contributed by atoms with Gasteiger partial charge in [0.05, 0.1) is 17.3 Å². The lowest BCUT2D eigenvalue weighted by Crippen LogP contribution is -2.46. The zero-order valence-corrected chi connectivity index (χ0v) is 25.1. The van der Waals surface area contributed by atoms with E-state index in [1.165, 1.54) is 6.07 Å². The quantitative estimate of drug-likeness (QED) is 0.248. The third-order valence-corrected chi connectivity index (χ3v) is 9.52. The molecule has 11 heteroatoms. The fourth-order valence-corrected chi connectivity index (χ4v) is 7.07. The normalized spacial score (nSPS) is 25.2. The lowest BCUT2D eigenvalue weighted by atomic mass is 9.79. The van der Waals surface area contributed by atoms with Crippen molar-refractivity contribution in [3.05, 3.63) is 57.1 Å². The van der Waals surface area contributed by atoms with Crippen LogP contribution in [-0.4, -0.2) is 59.2 Å². The summed E-state index contributed by atoms with van der Waals surface area (Å²) in [6, 6.07) is 1.03. The van der Waals surface area contributed by atoms with Gasteiger partial charge < -0.3 is 25.2 Å².